The second-order valence-corrected chi connectivity index (χ2v) is 7.41. The van der Waals surface area contributed by atoms with Gasteiger partial charge in [0.15, 0.2) is 0 Å². The maximum atomic E-state index is 11.8. The molecule has 0 amide bonds. The minimum atomic E-state index is -0.924. The lowest BCUT2D eigenvalue weighted by Crippen LogP contribution is -2.58. The van der Waals surface area contributed by atoms with Crippen molar-refractivity contribution in [2.45, 2.75) is 12.5 Å². The SMILES string of the molecule is N=C(N)c1ccc(N2CCN(C3CCN(CC(=O)O)CC3C(=O)O)CC2)cc1. The van der Waals surface area contributed by atoms with Gasteiger partial charge in [-0.1, -0.05) is 0 Å². The molecule has 3 rings (SSSR count). The number of nitrogens with two attached hydrogens (primary N) is 1. The molecule has 9 heteroatoms. The summed E-state index contributed by atoms with van der Waals surface area (Å²) in [5.74, 6) is -2.31. The van der Waals surface area contributed by atoms with Crippen LogP contribution in [0.4, 0.5) is 5.69 Å². The number of nitrogens with zero attached hydrogens (tertiary/aromatic N) is 3. The highest BCUT2D eigenvalue weighted by atomic mass is 16.4. The molecule has 0 saturated carbocycles. The van der Waals surface area contributed by atoms with Gasteiger partial charge in [-0.2, -0.15) is 0 Å². The van der Waals surface area contributed by atoms with E-state index in [9.17, 15) is 14.7 Å². The maximum Gasteiger partial charge on any atom is 0.317 e. The van der Waals surface area contributed by atoms with E-state index in [0.29, 0.717) is 18.5 Å². The molecule has 2 atom stereocenters. The van der Waals surface area contributed by atoms with Gasteiger partial charge in [-0.3, -0.25) is 24.8 Å². The molecule has 0 bridgehead atoms. The number of amidine groups is 1. The number of carboxylic acid groups (broad SMARTS) is 2. The Morgan fingerprint density at radius 3 is 2.25 bits per heavy atom. The van der Waals surface area contributed by atoms with Gasteiger partial charge in [0.2, 0.25) is 0 Å². The topological polar surface area (TPSA) is 134 Å². The standard InChI is InChI=1S/C19H27N5O4/c20-18(21)13-1-3-14(4-2-13)23-7-9-24(10-8-23)16-5-6-22(12-17(25)26)11-15(16)19(27)28/h1-4,15-16H,5-12H2,(H3,20,21)(H,25,26)(H,27,28). The molecule has 0 aliphatic carbocycles. The fourth-order valence-corrected chi connectivity index (χ4v) is 4.19. The van der Waals surface area contributed by atoms with Gasteiger partial charge >= 0.3 is 11.9 Å². The number of nitrogen functional groups attached to an aromatic ring is 1. The molecule has 2 unspecified atom stereocenters. The number of benzene rings is 1. The first-order valence-corrected chi connectivity index (χ1v) is 9.45. The lowest BCUT2D eigenvalue weighted by Gasteiger charge is -2.45. The number of aliphatic carboxylic acids is 2. The fraction of sp³-hybridized carbons (Fsp3) is 0.526. The van der Waals surface area contributed by atoms with Crippen molar-refractivity contribution in [1.82, 2.24) is 9.80 Å². The first-order valence-electron chi connectivity index (χ1n) is 9.45. The van der Waals surface area contributed by atoms with Crippen LogP contribution in [-0.4, -0.2) is 89.6 Å². The largest absolute Gasteiger partial charge is 0.481 e. The number of likely N-dealkylation sites (tertiary alicyclic amines) is 1. The molecule has 2 saturated heterocycles. The van der Waals surface area contributed by atoms with Gasteiger partial charge in [0.1, 0.15) is 5.84 Å². The van der Waals surface area contributed by atoms with E-state index in [2.05, 4.69) is 9.80 Å². The Kier molecular flexibility index (Phi) is 6.15. The van der Waals surface area contributed by atoms with Gasteiger partial charge in [-0.05, 0) is 30.7 Å². The maximum absolute atomic E-state index is 11.8. The first kappa shape index (κ1) is 20.1. The van der Waals surface area contributed by atoms with Crippen molar-refractivity contribution < 1.29 is 19.8 Å². The fourth-order valence-electron chi connectivity index (χ4n) is 4.19. The molecule has 2 heterocycles. The van der Waals surface area contributed by atoms with Crippen LogP contribution in [-0.2, 0) is 9.59 Å². The van der Waals surface area contributed by atoms with Gasteiger partial charge in [-0.25, -0.2) is 0 Å². The number of hydrogen-bond donors (Lipinski definition) is 4. The quantitative estimate of drug-likeness (QED) is 0.393. The summed E-state index contributed by atoms with van der Waals surface area (Å²) in [4.78, 5) is 28.9. The average Bonchev–Trinajstić information content (AvgIpc) is 2.67. The minimum Gasteiger partial charge on any atom is -0.481 e. The number of piperidine rings is 1. The lowest BCUT2D eigenvalue weighted by molar-refractivity contribution is -0.149. The summed E-state index contributed by atoms with van der Waals surface area (Å²) in [6, 6.07) is 7.52. The Hall–Kier alpha value is -2.65. The second kappa shape index (κ2) is 8.57. The molecule has 5 N–H and O–H groups in total. The number of piperazine rings is 1. The Balaban J connectivity index is 1.59. The second-order valence-electron chi connectivity index (χ2n) is 7.41. The summed E-state index contributed by atoms with van der Waals surface area (Å²) in [5.41, 5.74) is 7.26. The van der Waals surface area contributed by atoms with E-state index in [1.165, 1.54) is 0 Å². The van der Waals surface area contributed by atoms with Gasteiger partial charge in [0, 0.05) is 56.6 Å². The number of anilines is 1. The summed E-state index contributed by atoms with van der Waals surface area (Å²) < 4.78 is 0. The molecular formula is C19H27N5O4. The monoisotopic (exact) mass is 389 g/mol. The summed E-state index contributed by atoms with van der Waals surface area (Å²) in [6.45, 7) is 3.89. The molecule has 0 spiro atoms. The molecule has 1 aromatic rings. The van der Waals surface area contributed by atoms with Crippen molar-refractivity contribution in [2.75, 3.05) is 50.7 Å². The van der Waals surface area contributed by atoms with Gasteiger partial charge in [0.05, 0.1) is 12.5 Å². The summed E-state index contributed by atoms with van der Waals surface area (Å²) in [5, 5.41) is 26.1. The van der Waals surface area contributed by atoms with Crippen LogP contribution < -0.4 is 10.6 Å². The third-order valence-corrected chi connectivity index (χ3v) is 5.66. The highest BCUT2D eigenvalue weighted by Gasteiger charge is 2.39. The molecule has 152 valence electrons. The number of nitrogens with one attached hydrogen (secondary N) is 1. The molecule has 28 heavy (non-hydrogen) atoms. The molecule has 9 nitrogen and oxygen atoms in total. The smallest absolute Gasteiger partial charge is 0.317 e. The molecule has 2 aliphatic heterocycles. The summed E-state index contributed by atoms with van der Waals surface area (Å²) in [7, 11) is 0. The van der Waals surface area contributed by atoms with Crippen molar-refractivity contribution in [1.29, 1.82) is 5.41 Å². The highest BCUT2D eigenvalue weighted by molar-refractivity contribution is 5.95. The van der Waals surface area contributed by atoms with E-state index >= 15 is 0 Å². The zero-order chi connectivity index (χ0) is 20.3. The van der Waals surface area contributed by atoms with Crippen molar-refractivity contribution in [2.24, 2.45) is 11.7 Å². The van der Waals surface area contributed by atoms with E-state index in [1.807, 2.05) is 24.3 Å². The normalized spacial score (nSPS) is 24.1. The Bertz CT molecular complexity index is 730. The van der Waals surface area contributed by atoms with Crippen LogP contribution in [0.25, 0.3) is 0 Å². The van der Waals surface area contributed by atoms with Crippen molar-refractivity contribution >= 4 is 23.5 Å². The summed E-state index contributed by atoms with van der Waals surface area (Å²) in [6.07, 6.45) is 0.664. The predicted molar refractivity (Wildman–Crippen MR) is 105 cm³/mol. The molecular weight excluding hydrogens is 362 g/mol. The number of carboxylic acids is 2. The van der Waals surface area contributed by atoms with Crippen LogP contribution in [0.3, 0.4) is 0 Å². The average molecular weight is 389 g/mol. The van der Waals surface area contributed by atoms with E-state index in [4.69, 9.17) is 16.2 Å². The van der Waals surface area contributed by atoms with Crippen LogP contribution in [0, 0.1) is 11.3 Å². The van der Waals surface area contributed by atoms with Crippen molar-refractivity contribution in [3.63, 3.8) is 0 Å². The Morgan fingerprint density at radius 2 is 1.71 bits per heavy atom. The van der Waals surface area contributed by atoms with E-state index in [-0.39, 0.29) is 25.0 Å². The number of carbonyl (C=O) groups is 2. The Labute approximate surface area is 163 Å². The minimum absolute atomic E-state index is 0.0466. The van der Waals surface area contributed by atoms with Crippen LogP contribution in [0.2, 0.25) is 0 Å². The van der Waals surface area contributed by atoms with E-state index in [1.54, 1.807) is 4.90 Å². The lowest BCUT2D eigenvalue weighted by atomic mass is 9.90. The van der Waals surface area contributed by atoms with Gasteiger partial charge < -0.3 is 20.8 Å². The van der Waals surface area contributed by atoms with Crippen LogP contribution in [0.15, 0.2) is 24.3 Å². The Morgan fingerprint density at radius 1 is 1.07 bits per heavy atom. The molecule has 1 aromatic carbocycles. The zero-order valence-electron chi connectivity index (χ0n) is 15.8. The predicted octanol–water partition coefficient (Wildman–Crippen LogP) is -0.0476. The molecule has 0 radical (unpaired) electrons. The summed E-state index contributed by atoms with van der Waals surface area (Å²) >= 11 is 0. The third-order valence-electron chi connectivity index (χ3n) is 5.66. The van der Waals surface area contributed by atoms with Crippen molar-refractivity contribution in [3.05, 3.63) is 29.8 Å². The number of hydrogen-bond acceptors (Lipinski definition) is 6. The first-order chi connectivity index (χ1) is 13.3. The molecule has 2 fully saturated rings. The number of rotatable bonds is 6. The zero-order valence-corrected chi connectivity index (χ0v) is 15.8. The highest BCUT2D eigenvalue weighted by Crippen LogP contribution is 2.25. The van der Waals surface area contributed by atoms with E-state index in [0.717, 1.165) is 31.9 Å². The van der Waals surface area contributed by atoms with Crippen molar-refractivity contribution in [3.8, 4) is 0 Å². The third kappa shape index (κ3) is 4.60. The molecule has 2 aliphatic rings. The van der Waals surface area contributed by atoms with Crippen LogP contribution >= 0.6 is 0 Å². The van der Waals surface area contributed by atoms with Crippen LogP contribution in [0.1, 0.15) is 12.0 Å². The van der Waals surface area contributed by atoms with Gasteiger partial charge in [-0.15, -0.1) is 0 Å². The molecule has 0 aromatic heterocycles. The van der Waals surface area contributed by atoms with Crippen LogP contribution in [0.5, 0.6) is 0 Å². The van der Waals surface area contributed by atoms with E-state index < -0.39 is 17.9 Å². The van der Waals surface area contributed by atoms with Gasteiger partial charge in [0.25, 0.3) is 0 Å².